The molecule has 0 aliphatic carbocycles. The highest BCUT2D eigenvalue weighted by Crippen LogP contribution is 2.09. The number of rotatable bonds is 6. The highest BCUT2D eigenvalue weighted by molar-refractivity contribution is 5.20. The molecule has 12 heavy (non-hydrogen) atoms. The smallest absolute Gasteiger partial charge is 0.0968 e. The van der Waals surface area contributed by atoms with E-state index in [2.05, 4.69) is 13.5 Å². The van der Waals surface area contributed by atoms with E-state index in [1.807, 2.05) is 6.07 Å². The van der Waals surface area contributed by atoms with Crippen molar-refractivity contribution in [3.8, 4) is 6.07 Å². The molecule has 0 bridgehead atoms. The zero-order valence-corrected chi connectivity index (χ0v) is 7.71. The molecule has 0 saturated carbocycles. The molecule has 0 aliphatic heterocycles. The molecule has 0 aromatic rings. The molecule has 0 aliphatic rings. The number of nitriles is 1. The Bertz CT molecular complexity index is 169. The van der Waals surface area contributed by atoms with E-state index in [0.29, 0.717) is 6.42 Å². The Labute approximate surface area is 74.5 Å². The highest BCUT2D eigenvalue weighted by Gasteiger charge is 2.06. The van der Waals surface area contributed by atoms with Crippen LogP contribution in [0.25, 0.3) is 0 Å². The van der Waals surface area contributed by atoms with Gasteiger partial charge in [-0.05, 0) is 6.42 Å². The van der Waals surface area contributed by atoms with Crippen LogP contribution in [0.3, 0.4) is 0 Å². The van der Waals surface area contributed by atoms with Gasteiger partial charge in [0.15, 0.2) is 0 Å². The second-order valence-electron chi connectivity index (χ2n) is 3.00. The summed E-state index contributed by atoms with van der Waals surface area (Å²) in [5, 5.41) is 17.7. The molecule has 0 amide bonds. The summed E-state index contributed by atoms with van der Waals surface area (Å²) >= 11 is 0. The van der Waals surface area contributed by atoms with Crippen LogP contribution in [-0.2, 0) is 0 Å². The minimum absolute atomic E-state index is 0.284. The molecule has 2 nitrogen and oxygen atoms in total. The standard InChI is InChI=1S/C10H17NO/c1-3-4-5-6-7-10(12)9(2)8-11/h10,12H,2-7H2,1H3. The molecule has 0 fully saturated rings. The fourth-order valence-electron chi connectivity index (χ4n) is 1.01. The van der Waals surface area contributed by atoms with Crippen LogP contribution in [0.15, 0.2) is 12.2 Å². The van der Waals surface area contributed by atoms with Gasteiger partial charge in [0.1, 0.15) is 0 Å². The van der Waals surface area contributed by atoms with Gasteiger partial charge in [-0.15, -0.1) is 0 Å². The molecule has 0 saturated heterocycles. The summed E-state index contributed by atoms with van der Waals surface area (Å²) in [4.78, 5) is 0. The zero-order chi connectivity index (χ0) is 9.40. The van der Waals surface area contributed by atoms with E-state index in [1.54, 1.807) is 0 Å². The molecule has 0 heterocycles. The minimum Gasteiger partial charge on any atom is -0.388 e. The van der Waals surface area contributed by atoms with Crippen molar-refractivity contribution in [1.82, 2.24) is 0 Å². The predicted molar refractivity (Wildman–Crippen MR) is 49.5 cm³/mol. The van der Waals surface area contributed by atoms with Gasteiger partial charge in [-0.2, -0.15) is 5.26 Å². The van der Waals surface area contributed by atoms with Gasteiger partial charge < -0.3 is 5.11 Å². The molecule has 68 valence electrons. The van der Waals surface area contributed by atoms with Crippen LogP contribution in [0, 0.1) is 11.3 Å². The van der Waals surface area contributed by atoms with E-state index in [9.17, 15) is 5.11 Å². The lowest BCUT2D eigenvalue weighted by atomic mass is 10.1. The normalized spacial score (nSPS) is 12.1. The maximum atomic E-state index is 9.29. The van der Waals surface area contributed by atoms with Crippen molar-refractivity contribution in [2.75, 3.05) is 0 Å². The number of hydrogen-bond acceptors (Lipinski definition) is 2. The van der Waals surface area contributed by atoms with Gasteiger partial charge in [0.05, 0.1) is 17.7 Å². The molecule has 2 heteroatoms. The lowest BCUT2D eigenvalue weighted by Crippen LogP contribution is -2.07. The average molecular weight is 167 g/mol. The zero-order valence-electron chi connectivity index (χ0n) is 7.71. The molecule has 1 N–H and O–H groups in total. The number of unbranched alkanes of at least 4 members (excludes halogenated alkanes) is 3. The number of aliphatic hydroxyl groups excluding tert-OH is 1. The van der Waals surface area contributed by atoms with Gasteiger partial charge in [0.2, 0.25) is 0 Å². The molecule has 1 unspecified atom stereocenters. The molecular weight excluding hydrogens is 150 g/mol. The van der Waals surface area contributed by atoms with Gasteiger partial charge in [0, 0.05) is 0 Å². The van der Waals surface area contributed by atoms with Crippen LogP contribution in [0.4, 0.5) is 0 Å². The summed E-state index contributed by atoms with van der Waals surface area (Å²) in [5.74, 6) is 0. The van der Waals surface area contributed by atoms with Crippen molar-refractivity contribution < 1.29 is 5.11 Å². The first kappa shape index (κ1) is 11.2. The van der Waals surface area contributed by atoms with Gasteiger partial charge in [0.25, 0.3) is 0 Å². The molecule has 0 aromatic carbocycles. The third-order valence-electron chi connectivity index (χ3n) is 1.88. The lowest BCUT2D eigenvalue weighted by Gasteiger charge is -2.06. The van der Waals surface area contributed by atoms with Gasteiger partial charge in [-0.1, -0.05) is 39.2 Å². The second kappa shape index (κ2) is 6.87. The summed E-state index contributed by atoms with van der Waals surface area (Å²) in [5.41, 5.74) is 0.284. The Morgan fingerprint density at radius 3 is 2.67 bits per heavy atom. The topological polar surface area (TPSA) is 44.0 Å². The third kappa shape index (κ3) is 4.92. The Kier molecular flexibility index (Phi) is 6.41. The first-order valence-corrected chi connectivity index (χ1v) is 4.49. The SMILES string of the molecule is C=C(C#N)C(O)CCCCCC. The summed E-state index contributed by atoms with van der Waals surface area (Å²) < 4.78 is 0. The maximum absolute atomic E-state index is 9.29. The van der Waals surface area contributed by atoms with Gasteiger partial charge in [-0.25, -0.2) is 0 Å². The van der Waals surface area contributed by atoms with Crippen LogP contribution < -0.4 is 0 Å². The molecule has 0 rings (SSSR count). The minimum atomic E-state index is -0.619. The van der Waals surface area contributed by atoms with E-state index in [0.717, 1.165) is 12.8 Å². The van der Waals surface area contributed by atoms with E-state index in [4.69, 9.17) is 5.26 Å². The molecule has 0 aromatic heterocycles. The highest BCUT2D eigenvalue weighted by atomic mass is 16.3. The first-order valence-electron chi connectivity index (χ1n) is 4.49. The predicted octanol–water partition coefficient (Wildman–Crippen LogP) is 2.40. The maximum Gasteiger partial charge on any atom is 0.0968 e. The Balaban J connectivity index is 3.39. The molecule has 0 spiro atoms. The summed E-state index contributed by atoms with van der Waals surface area (Å²) in [6, 6.07) is 1.86. The number of aliphatic hydroxyl groups is 1. The van der Waals surface area contributed by atoms with E-state index < -0.39 is 6.10 Å². The van der Waals surface area contributed by atoms with Crippen molar-refractivity contribution in [3.63, 3.8) is 0 Å². The number of hydrogen-bond donors (Lipinski definition) is 1. The number of nitrogens with zero attached hydrogens (tertiary/aromatic N) is 1. The van der Waals surface area contributed by atoms with Crippen LogP contribution >= 0.6 is 0 Å². The first-order chi connectivity index (χ1) is 5.72. The average Bonchev–Trinajstić information content (AvgIpc) is 2.10. The van der Waals surface area contributed by atoms with E-state index >= 15 is 0 Å². The van der Waals surface area contributed by atoms with E-state index in [1.165, 1.54) is 12.8 Å². The van der Waals surface area contributed by atoms with Crippen molar-refractivity contribution >= 4 is 0 Å². The fraction of sp³-hybridized carbons (Fsp3) is 0.700. The van der Waals surface area contributed by atoms with Crippen molar-refractivity contribution in [3.05, 3.63) is 12.2 Å². The summed E-state index contributed by atoms with van der Waals surface area (Å²) in [6.07, 6.45) is 4.56. The summed E-state index contributed by atoms with van der Waals surface area (Å²) in [6.45, 7) is 5.60. The van der Waals surface area contributed by atoms with Crippen LogP contribution in [-0.4, -0.2) is 11.2 Å². The van der Waals surface area contributed by atoms with Gasteiger partial charge >= 0.3 is 0 Å². The largest absolute Gasteiger partial charge is 0.388 e. The van der Waals surface area contributed by atoms with Crippen LogP contribution in [0.5, 0.6) is 0 Å². The Morgan fingerprint density at radius 2 is 2.17 bits per heavy atom. The summed E-state index contributed by atoms with van der Waals surface area (Å²) in [7, 11) is 0. The second-order valence-corrected chi connectivity index (χ2v) is 3.00. The van der Waals surface area contributed by atoms with Gasteiger partial charge in [-0.3, -0.25) is 0 Å². The lowest BCUT2D eigenvalue weighted by molar-refractivity contribution is 0.201. The monoisotopic (exact) mass is 167 g/mol. The fourth-order valence-corrected chi connectivity index (χ4v) is 1.01. The van der Waals surface area contributed by atoms with Crippen LogP contribution in [0.2, 0.25) is 0 Å². The molecule has 0 radical (unpaired) electrons. The van der Waals surface area contributed by atoms with Crippen molar-refractivity contribution in [2.45, 2.75) is 45.1 Å². The third-order valence-corrected chi connectivity index (χ3v) is 1.88. The molecule has 1 atom stereocenters. The van der Waals surface area contributed by atoms with Crippen LogP contribution in [0.1, 0.15) is 39.0 Å². The van der Waals surface area contributed by atoms with E-state index in [-0.39, 0.29) is 5.57 Å². The van der Waals surface area contributed by atoms with Crippen molar-refractivity contribution in [2.24, 2.45) is 0 Å². The van der Waals surface area contributed by atoms with Crippen molar-refractivity contribution in [1.29, 1.82) is 5.26 Å². The molecular formula is C10H17NO. The quantitative estimate of drug-likeness (QED) is 0.487. The Morgan fingerprint density at radius 1 is 1.50 bits per heavy atom. The Hall–Kier alpha value is -0.810.